The summed E-state index contributed by atoms with van der Waals surface area (Å²) in [5.41, 5.74) is 3.18. The van der Waals surface area contributed by atoms with Crippen molar-refractivity contribution in [2.75, 3.05) is 0 Å². The smallest absolute Gasteiger partial charge is 0.0260 e. The largest absolute Gasteiger partial charge is 0.0739 e. The molecule has 12 heavy (non-hydrogen) atoms. The van der Waals surface area contributed by atoms with E-state index in [-0.39, 0.29) is 0 Å². The van der Waals surface area contributed by atoms with Gasteiger partial charge in [-0.2, -0.15) is 0 Å². The van der Waals surface area contributed by atoms with Gasteiger partial charge in [-0.15, -0.1) is 0 Å². The Bertz CT molecular complexity index is 151. The predicted octanol–water partition coefficient (Wildman–Crippen LogP) is 4.42. The minimum atomic E-state index is 0.717. The second kappa shape index (κ2) is 5.40. The Labute approximate surface area is 78.1 Å². The standard InChI is InChI=1S/C12H24/c1-7-10(4)8-11(5)12(6)9(2)3/h9-10H,7-8H2,1-6H3. The van der Waals surface area contributed by atoms with Crippen LogP contribution in [0.3, 0.4) is 0 Å². The second-order valence-corrected chi connectivity index (χ2v) is 4.34. The van der Waals surface area contributed by atoms with Gasteiger partial charge in [-0.25, -0.2) is 0 Å². The monoisotopic (exact) mass is 168 g/mol. The molecule has 0 aromatic heterocycles. The van der Waals surface area contributed by atoms with Gasteiger partial charge in [-0.1, -0.05) is 45.3 Å². The van der Waals surface area contributed by atoms with Crippen molar-refractivity contribution in [3.63, 3.8) is 0 Å². The van der Waals surface area contributed by atoms with Crippen LogP contribution in [0.1, 0.15) is 54.4 Å². The van der Waals surface area contributed by atoms with E-state index in [1.54, 1.807) is 11.1 Å². The van der Waals surface area contributed by atoms with Gasteiger partial charge in [0, 0.05) is 0 Å². The third-order valence-corrected chi connectivity index (χ3v) is 2.89. The van der Waals surface area contributed by atoms with E-state index in [2.05, 4.69) is 41.5 Å². The van der Waals surface area contributed by atoms with Gasteiger partial charge >= 0.3 is 0 Å². The van der Waals surface area contributed by atoms with Gasteiger partial charge in [-0.3, -0.25) is 0 Å². The van der Waals surface area contributed by atoms with E-state index < -0.39 is 0 Å². The molecule has 0 aromatic rings. The molecule has 1 atom stereocenters. The van der Waals surface area contributed by atoms with Crippen molar-refractivity contribution in [3.05, 3.63) is 11.1 Å². The molecule has 0 radical (unpaired) electrons. The molecule has 0 saturated heterocycles. The molecule has 0 aromatic carbocycles. The van der Waals surface area contributed by atoms with Gasteiger partial charge in [0.1, 0.15) is 0 Å². The van der Waals surface area contributed by atoms with E-state index in [9.17, 15) is 0 Å². The molecule has 0 spiro atoms. The zero-order valence-electron chi connectivity index (χ0n) is 9.57. The highest BCUT2D eigenvalue weighted by atomic mass is 14.1. The highest BCUT2D eigenvalue weighted by Crippen LogP contribution is 2.21. The topological polar surface area (TPSA) is 0 Å². The van der Waals surface area contributed by atoms with E-state index >= 15 is 0 Å². The Morgan fingerprint density at radius 1 is 1.08 bits per heavy atom. The fourth-order valence-electron chi connectivity index (χ4n) is 1.32. The molecule has 0 fully saturated rings. The molecule has 0 nitrogen and oxygen atoms in total. The molecule has 0 aliphatic heterocycles. The summed E-state index contributed by atoms with van der Waals surface area (Å²) in [5.74, 6) is 1.56. The Morgan fingerprint density at radius 3 is 1.92 bits per heavy atom. The van der Waals surface area contributed by atoms with Crippen LogP contribution in [0.2, 0.25) is 0 Å². The van der Waals surface area contributed by atoms with Crippen molar-refractivity contribution in [1.29, 1.82) is 0 Å². The summed E-state index contributed by atoms with van der Waals surface area (Å²) in [6, 6.07) is 0. The molecular formula is C12H24. The first-order valence-corrected chi connectivity index (χ1v) is 5.15. The van der Waals surface area contributed by atoms with Crippen molar-refractivity contribution < 1.29 is 0 Å². The van der Waals surface area contributed by atoms with Gasteiger partial charge in [0.25, 0.3) is 0 Å². The minimum Gasteiger partial charge on any atom is -0.0739 e. The fraction of sp³-hybridized carbons (Fsp3) is 0.833. The molecular weight excluding hydrogens is 144 g/mol. The molecule has 1 unspecified atom stereocenters. The first-order chi connectivity index (χ1) is 5.49. The minimum absolute atomic E-state index is 0.717. The average Bonchev–Trinajstić information content (AvgIpc) is 2.02. The van der Waals surface area contributed by atoms with Gasteiger partial charge in [0.05, 0.1) is 0 Å². The molecule has 0 heterocycles. The van der Waals surface area contributed by atoms with Crippen molar-refractivity contribution >= 4 is 0 Å². The second-order valence-electron chi connectivity index (χ2n) is 4.34. The van der Waals surface area contributed by atoms with Crippen LogP contribution in [-0.2, 0) is 0 Å². The van der Waals surface area contributed by atoms with Gasteiger partial charge in [0.2, 0.25) is 0 Å². The third kappa shape index (κ3) is 3.94. The lowest BCUT2D eigenvalue weighted by molar-refractivity contribution is 0.549. The Hall–Kier alpha value is -0.260. The summed E-state index contributed by atoms with van der Waals surface area (Å²) in [6.45, 7) is 13.7. The summed E-state index contributed by atoms with van der Waals surface area (Å²) in [4.78, 5) is 0. The van der Waals surface area contributed by atoms with Crippen LogP contribution in [0.5, 0.6) is 0 Å². The lowest BCUT2D eigenvalue weighted by atomic mass is 9.92. The zero-order chi connectivity index (χ0) is 9.72. The van der Waals surface area contributed by atoms with Crippen molar-refractivity contribution in [1.82, 2.24) is 0 Å². The van der Waals surface area contributed by atoms with Crippen LogP contribution in [0.25, 0.3) is 0 Å². The number of allylic oxidation sites excluding steroid dienone is 2. The summed E-state index contributed by atoms with van der Waals surface area (Å²) in [5, 5.41) is 0. The predicted molar refractivity (Wildman–Crippen MR) is 57.3 cm³/mol. The van der Waals surface area contributed by atoms with Gasteiger partial charge in [0.15, 0.2) is 0 Å². The number of hydrogen-bond donors (Lipinski definition) is 0. The maximum Gasteiger partial charge on any atom is -0.0260 e. The van der Waals surface area contributed by atoms with Crippen LogP contribution in [-0.4, -0.2) is 0 Å². The van der Waals surface area contributed by atoms with Crippen LogP contribution in [0, 0.1) is 11.8 Å². The molecule has 0 aliphatic carbocycles. The van der Waals surface area contributed by atoms with Crippen LogP contribution < -0.4 is 0 Å². The highest BCUT2D eigenvalue weighted by Gasteiger charge is 2.05. The molecule has 0 amide bonds. The molecule has 72 valence electrons. The van der Waals surface area contributed by atoms with E-state index in [0.29, 0.717) is 5.92 Å². The Kier molecular flexibility index (Phi) is 5.28. The first-order valence-electron chi connectivity index (χ1n) is 5.15. The Balaban J connectivity index is 4.16. The quantitative estimate of drug-likeness (QED) is 0.545. The van der Waals surface area contributed by atoms with Crippen molar-refractivity contribution in [3.8, 4) is 0 Å². The number of rotatable bonds is 4. The Morgan fingerprint density at radius 2 is 1.58 bits per heavy atom. The third-order valence-electron chi connectivity index (χ3n) is 2.89. The van der Waals surface area contributed by atoms with Crippen LogP contribution in [0.4, 0.5) is 0 Å². The lowest BCUT2D eigenvalue weighted by Gasteiger charge is -2.14. The van der Waals surface area contributed by atoms with Crippen LogP contribution >= 0.6 is 0 Å². The molecule has 0 N–H and O–H groups in total. The average molecular weight is 168 g/mol. The SMILES string of the molecule is CCC(C)CC(C)=C(C)C(C)C. The number of hydrogen-bond acceptors (Lipinski definition) is 0. The van der Waals surface area contributed by atoms with Gasteiger partial charge in [-0.05, 0) is 32.1 Å². The maximum absolute atomic E-state index is 2.33. The normalized spacial score (nSPS) is 16.2. The van der Waals surface area contributed by atoms with E-state index in [0.717, 1.165) is 5.92 Å². The zero-order valence-corrected chi connectivity index (χ0v) is 9.57. The summed E-state index contributed by atoms with van der Waals surface area (Å²) in [7, 11) is 0. The van der Waals surface area contributed by atoms with Crippen molar-refractivity contribution in [2.24, 2.45) is 11.8 Å². The highest BCUT2D eigenvalue weighted by molar-refractivity contribution is 5.11. The fourth-order valence-corrected chi connectivity index (χ4v) is 1.32. The van der Waals surface area contributed by atoms with Crippen LogP contribution in [0.15, 0.2) is 11.1 Å². The van der Waals surface area contributed by atoms with E-state index in [1.807, 2.05) is 0 Å². The summed E-state index contributed by atoms with van der Waals surface area (Å²) >= 11 is 0. The molecule has 0 rings (SSSR count). The molecule has 0 bridgehead atoms. The first kappa shape index (κ1) is 11.7. The van der Waals surface area contributed by atoms with Gasteiger partial charge < -0.3 is 0 Å². The van der Waals surface area contributed by atoms with E-state index in [1.165, 1.54) is 12.8 Å². The summed E-state index contributed by atoms with van der Waals surface area (Å²) < 4.78 is 0. The van der Waals surface area contributed by atoms with E-state index in [4.69, 9.17) is 0 Å². The molecule has 0 saturated carbocycles. The molecule has 0 aliphatic rings. The molecule has 0 heteroatoms. The van der Waals surface area contributed by atoms with Crippen molar-refractivity contribution in [2.45, 2.75) is 54.4 Å². The summed E-state index contributed by atoms with van der Waals surface area (Å²) in [6.07, 6.45) is 2.57. The lowest BCUT2D eigenvalue weighted by Crippen LogP contribution is -1.98. The maximum atomic E-state index is 2.33.